The number of nitrogens with zero attached hydrogens (tertiary/aromatic N) is 2. The Morgan fingerprint density at radius 1 is 1.23 bits per heavy atom. The summed E-state index contributed by atoms with van der Waals surface area (Å²) < 4.78 is 0. The van der Waals surface area contributed by atoms with Crippen molar-refractivity contribution >= 4 is 0 Å². The van der Waals surface area contributed by atoms with Gasteiger partial charge in [0, 0.05) is 6.08 Å². The highest BCUT2D eigenvalue weighted by Crippen LogP contribution is 1.87. The van der Waals surface area contributed by atoms with Gasteiger partial charge in [0.15, 0.2) is 0 Å². The summed E-state index contributed by atoms with van der Waals surface area (Å²) in [4.78, 5) is 2.00. The van der Waals surface area contributed by atoms with Crippen LogP contribution in [0.3, 0.4) is 0 Å². The van der Waals surface area contributed by atoms with Crippen LogP contribution in [0, 0.1) is 11.3 Å². The molecule has 13 heavy (non-hydrogen) atoms. The van der Waals surface area contributed by atoms with Crippen molar-refractivity contribution in [3.05, 3.63) is 24.3 Å². The van der Waals surface area contributed by atoms with Gasteiger partial charge in [0.1, 0.15) is 0 Å². The van der Waals surface area contributed by atoms with Crippen molar-refractivity contribution in [2.45, 2.75) is 19.8 Å². The molecule has 0 aromatic carbocycles. The standard InChI is InChI=1S/C8H11N.C3H9N/c1-2-3-4-5-6-7-8-9;1-4(2)3/h4-7H,2-3H2,1H3;1-3H3. The summed E-state index contributed by atoms with van der Waals surface area (Å²) in [6.45, 7) is 2.12. The summed E-state index contributed by atoms with van der Waals surface area (Å²) in [5, 5.41) is 8.05. The third-order valence-corrected chi connectivity index (χ3v) is 0.873. The van der Waals surface area contributed by atoms with Gasteiger partial charge in [0.05, 0.1) is 6.07 Å². The summed E-state index contributed by atoms with van der Waals surface area (Å²) >= 11 is 0. The quantitative estimate of drug-likeness (QED) is 0.493. The van der Waals surface area contributed by atoms with Crippen LogP contribution >= 0.6 is 0 Å². The number of hydrogen-bond acceptors (Lipinski definition) is 2. The van der Waals surface area contributed by atoms with Crippen LogP contribution in [0.15, 0.2) is 24.3 Å². The molecular formula is C11H20N2. The zero-order valence-electron chi connectivity index (χ0n) is 9.12. The molecule has 0 saturated carbocycles. The van der Waals surface area contributed by atoms with Crippen LogP contribution in [-0.2, 0) is 0 Å². The second-order valence-corrected chi connectivity index (χ2v) is 3.05. The van der Waals surface area contributed by atoms with E-state index in [1.165, 1.54) is 6.08 Å². The predicted molar refractivity (Wildman–Crippen MR) is 58.4 cm³/mol. The molecule has 0 aliphatic carbocycles. The van der Waals surface area contributed by atoms with E-state index in [0.29, 0.717) is 0 Å². The Morgan fingerprint density at radius 3 is 2.15 bits per heavy atom. The molecule has 0 N–H and O–H groups in total. The van der Waals surface area contributed by atoms with Crippen molar-refractivity contribution in [3.63, 3.8) is 0 Å². The molecule has 0 aromatic heterocycles. The van der Waals surface area contributed by atoms with E-state index in [0.717, 1.165) is 12.8 Å². The molecule has 0 bridgehead atoms. The van der Waals surface area contributed by atoms with Crippen molar-refractivity contribution < 1.29 is 0 Å². The van der Waals surface area contributed by atoms with Gasteiger partial charge in [0.2, 0.25) is 0 Å². The molecule has 0 radical (unpaired) electrons. The molecule has 0 aliphatic rings. The minimum absolute atomic E-state index is 1.09. The minimum atomic E-state index is 1.09. The van der Waals surface area contributed by atoms with Crippen LogP contribution in [0.4, 0.5) is 0 Å². The van der Waals surface area contributed by atoms with Crippen LogP contribution in [0.2, 0.25) is 0 Å². The highest BCUT2D eigenvalue weighted by atomic mass is 15.0. The van der Waals surface area contributed by atoms with E-state index in [2.05, 4.69) is 6.92 Å². The van der Waals surface area contributed by atoms with E-state index in [9.17, 15) is 0 Å². The van der Waals surface area contributed by atoms with E-state index < -0.39 is 0 Å². The number of nitriles is 1. The average molecular weight is 180 g/mol. The summed E-state index contributed by atoms with van der Waals surface area (Å²) in [6, 6.07) is 1.91. The van der Waals surface area contributed by atoms with Crippen molar-refractivity contribution in [2.75, 3.05) is 21.1 Å². The molecule has 0 rings (SSSR count). The Labute approximate surface area is 82.2 Å². The molecule has 0 saturated heterocycles. The first-order valence-corrected chi connectivity index (χ1v) is 4.47. The van der Waals surface area contributed by atoms with Gasteiger partial charge in [-0.1, -0.05) is 31.6 Å². The van der Waals surface area contributed by atoms with Crippen LogP contribution < -0.4 is 0 Å². The minimum Gasteiger partial charge on any atom is -0.312 e. The average Bonchev–Trinajstić information content (AvgIpc) is 2.03. The molecule has 0 aromatic rings. The summed E-state index contributed by atoms with van der Waals surface area (Å²) in [7, 11) is 6.00. The van der Waals surface area contributed by atoms with Gasteiger partial charge in [-0.05, 0) is 27.6 Å². The Hall–Kier alpha value is -1.07. The van der Waals surface area contributed by atoms with Gasteiger partial charge < -0.3 is 4.90 Å². The largest absolute Gasteiger partial charge is 0.312 e. The van der Waals surface area contributed by atoms with Gasteiger partial charge in [-0.3, -0.25) is 0 Å². The smallest absolute Gasteiger partial charge is 0.0912 e. The van der Waals surface area contributed by atoms with Gasteiger partial charge in [-0.2, -0.15) is 5.26 Å². The Balaban J connectivity index is 0. The molecule has 0 spiro atoms. The molecule has 2 nitrogen and oxygen atoms in total. The zero-order chi connectivity index (χ0) is 10.5. The number of rotatable bonds is 3. The fourth-order valence-electron chi connectivity index (χ4n) is 0.440. The molecule has 0 atom stereocenters. The molecule has 0 aliphatic heterocycles. The highest BCUT2D eigenvalue weighted by molar-refractivity contribution is 5.11. The number of allylic oxidation sites excluding steroid dienone is 4. The van der Waals surface area contributed by atoms with E-state index >= 15 is 0 Å². The van der Waals surface area contributed by atoms with Gasteiger partial charge in [0.25, 0.3) is 0 Å². The van der Waals surface area contributed by atoms with Crippen molar-refractivity contribution in [2.24, 2.45) is 0 Å². The maximum atomic E-state index is 8.05. The second kappa shape index (κ2) is 13.5. The topological polar surface area (TPSA) is 27.0 Å². The van der Waals surface area contributed by atoms with E-state index in [-0.39, 0.29) is 0 Å². The molecule has 0 unspecified atom stereocenters. The maximum absolute atomic E-state index is 8.05. The van der Waals surface area contributed by atoms with E-state index in [4.69, 9.17) is 5.26 Å². The summed E-state index contributed by atoms with van der Waals surface area (Å²) in [6.07, 6.45) is 9.41. The van der Waals surface area contributed by atoms with Crippen LogP contribution in [-0.4, -0.2) is 26.0 Å². The molecular weight excluding hydrogens is 160 g/mol. The first-order valence-electron chi connectivity index (χ1n) is 4.47. The monoisotopic (exact) mass is 180 g/mol. The van der Waals surface area contributed by atoms with E-state index in [1.54, 1.807) is 6.08 Å². The normalized spacial score (nSPS) is 10.2. The zero-order valence-corrected chi connectivity index (χ0v) is 9.12. The molecule has 0 heterocycles. The Bertz CT molecular complexity index is 170. The highest BCUT2D eigenvalue weighted by Gasteiger charge is 1.68. The third-order valence-electron chi connectivity index (χ3n) is 0.873. The lowest BCUT2D eigenvalue weighted by molar-refractivity contribution is 0.505. The SMILES string of the molecule is CCCC=CC=CC#N.CN(C)C. The lowest BCUT2D eigenvalue weighted by Gasteiger charge is -1.90. The second-order valence-electron chi connectivity index (χ2n) is 3.05. The van der Waals surface area contributed by atoms with Crippen LogP contribution in [0.1, 0.15) is 19.8 Å². The number of hydrogen-bond donors (Lipinski definition) is 0. The maximum Gasteiger partial charge on any atom is 0.0912 e. The van der Waals surface area contributed by atoms with Gasteiger partial charge >= 0.3 is 0 Å². The first kappa shape index (κ1) is 14.5. The molecule has 0 amide bonds. The lowest BCUT2D eigenvalue weighted by atomic mass is 10.3. The number of unbranched alkanes of at least 4 members (excludes halogenated alkanes) is 1. The van der Waals surface area contributed by atoms with Gasteiger partial charge in [-0.15, -0.1) is 0 Å². The fourth-order valence-corrected chi connectivity index (χ4v) is 0.440. The summed E-state index contributed by atoms with van der Waals surface area (Å²) in [5.74, 6) is 0. The summed E-state index contributed by atoms with van der Waals surface area (Å²) in [5.41, 5.74) is 0. The molecule has 74 valence electrons. The van der Waals surface area contributed by atoms with Gasteiger partial charge in [-0.25, -0.2) is 0 Å². The predicted octanol–water partition coefficient (Wildman–Crippen LogP) is 2.60. The molecule has 2 heteroatoms. The third kappa shape index (κ3) is 35.9. The lowest BCUT2D eigenvalue weighted by Crippen LogP contribution is -1.99. The molecule has 0 fully saturated rings. The first-order chi connectivity index (χ1) is 6.15. The van der Waals surface area contributed by atoms with E-state index in [1.807, 2.05) is 44.3 Å². The van der Waals surface area contributed by atoms with Crippen molar-refractivity contribution in [1.82, 2.24) is 4.90 Å². The van der Waals surface area contributed by atoms with Crippen molar-refractivity contribution in [1.29, 1.82) is 5.26 Å². The van der Waals surface area contributed by atoms with Crippen molar-refractivity contribution in [3.8, 4) is 6.07 Å². The van der Waals surface area contributed by atoms with Crippen LogP contribution in [0.25, 0.3) is 0 Å². The Morgan fingerprint density at radius 2 is 1.77 bits per heavy atom. The fraction of sp³-hybridized carbons (Fsp3) is 0.545. The van der Waals surface area contributed by atoms with Crippen LogP contribution in [0.5, 0.6) is 0 Å². The Kier molecular flexibility index (Phi) is 15.0.